The summed E-state index contributed by atoms with van der Waals surface area (Å²) >= 11 is 1.91. The molecule has 1 saturated carbocycles. The SMILES string of the molecule is C=C(NCC(C)C(C)CCc1ccc(C(=C)N2CC3CC(C2)N3C)s1)c1cccc(-c2nc(NC(=C)C3(c4ccc5c(c4)CC(F)(F)C5)CC3)ccc2C)c1.C=C/C=C/CN(C)C.C=CN. The molecular formula is C56H73F2N7S. The van der Waals surface area contributed by atoms with Gasteiger partial charge in [-0.2, -0.15) is 0 Å². The van der Waals surface area contributed by atoms with Gasteiger partial charge in [-0.05, 0) is 130 Å². The molecule has 2 aromatic carbocycles. The number of hydrogen-bond donors (Lipinski definition) is 3. The highest BCUT2D eigenvalue weighted by Gasteiger charge is 2.48. The van der Waals surface area contributed by atoms with Crippen LogP contribution in [0.2, 0.25) is 0 Å². The fourth-order valence-electron chi connectivity index (χ4n) is 9.24. The number of aromatic nitrogens is 1. The fraction of sp³-hybridized carbons (Fsp3) is 0.411. The molecule has 2 aliphatic carbocycles. The smallest absolute Gasteiger partial charge is 0.256 e. The lowest BCUT2D eigenvalue weighted by molar-refractivity contribution is -0.0292. The average Bonchev–Trinajstić information content (AvgIpc) is 3.87. The number of piperazine rings is 1. The summed E-state index contributed by atoms with van der Waals surface area (Å²) in [4.78, 5) is 14.9. The predicted molar refractivity (Wildman–Crippen MR) is 278 cm³/mol. The van der Waals surface area contributed by atoms with Crippen molar-refractivity contribution in [3.05, 3.63) is 167 Å². The molecule has 5 heterocycles. The summed E-state index contributed by atoms with van der Waals surface area (Å²) in [6.45, 7) is 30.8. The number of thiophene rings is 1. The first-order valence-corrected chi connectivity index (χ1v) is 24.3. The molecule has 4 fully saturated rings. The average molecular weight is 914 g/mol. The van der Waals surface area contributed by atoms with Crippen molar-refractivity contribution >= 4 is 28.5 Å². The van der Waals surface area contributed by atoms with E-state index in [4.69, 9.17) is 4.98 Å². The molecule has 352 valence electrons. The first-order chi connectivity index (χ1) is 31.5. The maximum Gasteiger partial charge on any atom is 0.256 e. The van der Waals surface area contributed by atoms with Crippen LogP contribution in [0.3, 0.4) is 0 Å². The number of alkyl halides is 2. The van der Waals surface area contributed by atoms with Crippen molar-refractivity contribution in [2.75, 3.05) is 52.6 Å². The molecule has 5 aliphatic rings. The molecule has 0 spiro atoms. The Balaban J connectivity index is 0.000000587. The third-order valence-corrected chi connectivity index (χ3v) is 15.1. The number of nitrogens with zero attached hydrogens (tertiary/aromatic N) is 4. The number of aryl methyl sites for hydroxylation is 2. The molecule has 0 radical (unpaired) electrons. The standard InChI is InChI=1S/C47H55F2N5S.C7H13N.C2H5N/c1-29(11-15-42-16-17-43(55-42)33(5)54-27-40-23-41(28-54)53(40)7)31(3)26-50-32(4)35-9-8-10-36(21-35)45-30(2)12-18-44(52-45)51-34(6)46(19-20-46)39-14-13-37-24-47(48,49)25-38(37)22-39;1-4-5-6-7-8(2)3;1-2-3/h8-10,12-14,16-18,21-22,29,31,40-41,50H,4-6,11,15,19-20,23-28H2,1-3,7H3,(H,51,52);4-6H,1,7H2,2-3H3;2H,1,3H2/b;6-5+;. The van der Waals surface area contributed by atoms with Gasteiger partial charge in [-0.25, -0.2) is 13.8 Å². The Morgan fingerprint density at radius 1 is 0.970 bits per heavy atom. The zero-order valence-electron chi connectivity index (χ0n) is 40.3. The third kappa shape index (κ3) is 12.4. The minimum absolute atomic E-state index is 0.166. The molecule has 3 aliphatic heterocycles. The first-order valence-electron chi connectivity index (χ1n) is 23.4. The lowest BCUT2D eigenvalue weighted by atomic mass is 9.88. The van der Waals surface area contributed by atoms with Crippen molar-refractivity contribution in [1.82, 2.24) is 25.0 Å². The van der Waals surface area contributed by atoms with E-state index in [9.17, 15) is 8.78 Å². The van der Waals surface area contributed by atoms with Gasteiger partial charge in [-0.3, -0.25) is 4.90 Å². The quantitative estimate of drug-likeness (QED) is 0.0859. The van der Waals surface area contributed by atoms with E-state index in [0.29, 0.717) is 23.9 Å². The van der Waals surface area contributed by atoms with Gasteiger partial charge in [-0.1, -0.05) is 107 Å². The highest BCUT2D eigenvalue weighted by Crippen LogP contribution is 2.54. The predicted octanol–water partition coefficient (Wildman–Crippen LogP) is 11.7. The normalized spacial score (nSPS) is 19.5. The van der Waals surface area contributed by atoms with Crippen LogP contribution in [0.4, 0.5) is 14.6 Å². The second-order valence-electron chi connectivity index (χ2n) is 19.2. The van der Waals surface area contributed by atoms with E-state index in [1.165, 1.54) is 28.1 Å². The van der Waals surface area contributed by atoms with Gasteiger partial charge < -0.3 is 26.2 Å². The Morgan fingerprint density at radius 3 is 2.35 bits per heavy atom. The van der Waals surface area contributed by atoms with Crippen molar-refractivity contribution in [3.8, 4) is 11.3 Å². The Bertz CT molecular complexity index is 2380. The summed E-state index contributed by atoms with van der Waals surface area (Å²) in [6.07, 6.45) is 12.1. The number of nitrogens with one attached hydrogen (secondary N) is 2. The molecule has 10 heteroatoms. The van der Waals surface area contributed by atoms with Crippen LogP contribution in [0.15, 0.2) is 130 Å². The number of likely N-dealkylation sites (N-methyl/N-ethyl adjacent to an activating group) is 2. The van der Waals surface area contributed by atoms with Crippen LogP contribution < -0.4 is 16.4 Å². The molecule has 9 rings (SSSR count). The number of halogens is 2. The van der Waals surface area contributed by atoms with Crippen LogP contribution in [0, 0.1) is 18.8 Å². The monoisotopic (exact) mass is 914 g/mol. The highest BCUT2D eigenvalue weighted by atomic mass is 32.1. The van der Waals surface area contributed by atoms with Crippen molar-refractivity contribution in [2.45, 2.75) is 89.1 Å². The second-order valence-corrected chi connectivity index (χ2v) is 20.3. The minimum Gasteiger partial charge on any atom is -0.405 e. The molecule has 2 bridgehead atoms. The molecule has 4 N–H and O–H groups in total. The van der Waals surface area contributed by atoms with E-state index in [0.717, 1.165) is 108 Å². The zero-order valence-corrected chi connectivity index (χ0v) is 41.1. The van der Waals surface area contributed by atoms with Crippen molar-refractivity contribution < 1.29 is 8.78 Å². The number of hydrogen-bond acceptors (Lipinski definition) is 8. The highest BCUT2D eigenvalue weighted by molar-refractivity contribution is 7.13. The Morgan fingerprint density at radius 2 is 1.68 bits per heavy atom. The summed E-state index contributed by atoms with van der Waals surface area (Å²) in [5, 5.41) is 7.13. The molecule has 7 nitrogen and oxygen atoms in total. The number of nitrogens with two attached hydrogens (primary N) is 1. The molecule has 4 unspecified atom stereocenters. The van der Waals surface area contributed by atoms with Crippen LogP contribution >= 0.6 is 11.3 Å². The van der Waals surface area contributed by atoms with Crippen molar-refractivity contribution in [2.24, 2.45) is 17.6 Å². The van der Waals surface area contributed by atoms with Crippen molar-refractivity contribution in [3.63, 3.8) is 0 Å². The lowest BCUT2D eigenvalue weighted by Gasteiger charge is -2.55. The Kier molecular flexibility index (Phi) is 16.7. The number of allylic oxidation sites excluding steroid dienone is 3. The molecule has 0 amide bonds. The van der Waals surface area contributed by atoms with Crippen LogP contribution in [0.5, 0.6) is 0 Å². The molecule has 4 aromatic rings. The van der Waals surface area contributed by atoms with Gasteiger partial charge in [0.15, 0.2) is 0 Å². The maximum atomic E-state index is 14.1. The summed E-state index contributed by atoms with van der Waals surface area (Å²) in [5.41, 5.74) is 14.0. The summed E-state index contributed by atoms with van der Waals surface area (Å²) in [6, 6.07) is 24.3. The zero-order chi connectivity index (χ0) is 47.8. The van der Waals surface area contributed by atoms with E-state index in [1.54, 1.807) is 6.08 Å². The topological polar surface area (TPSA) is 72.7 Å². The van der Waals surface area contributed by atoms with Crippen LogP contribution in [0.1, 0.15) is 77.1 Å². The molecule has 66 heavy (non-hydrogen) atoms. The number of benzene rings is 2. The molecule has 3 saturated heterocycles. The Hall–Kier alpha value is -5.29. The number of pyridine rings is 1. The minimum atomic E-state index is -2.65. The van der Waals surface area contributed by atoms with E-state index >= 15 is 0 Å². The van der Waals surface area contributed by atoms with Gasteiger partial charge in [0.25, 0.3) is 5.92 Å². The van der Waals surface area contributed by atoms with Crippen LogP contribution in [-0.4, -0.2) is 85.0 Å². The van der Waals surface area contributed by atoms with E-state index < -0.39 is 5.92 Å². The van der Waals surface area contributed by atoms with Gasteiger partial charge in [0, 0.05) is 84.1 Å². The van der Waals surface area contributed by atoms with Crippen molar-refractivity contribution in [1.29, 1.82) is 0 Å². The fourth-order valence-corrected chi connectivity index (χ4v) is 10.3. The summed E-state index contributed by atoms with van der Waals surface area (Å²) in [7, 11) is 6.32. The van der Waals surface area contributed by atoms with Gasteiger partial charge in [0.1, 0.15) is 5.82 Å². The Labute approximate surface area is 398 Å². The van der Waals surface area contributed by atoms with E-state index in [1.807, 2.05) is 55.8 Å². The summed E-state index contributed by atoms with van der Waals surface area (Å²) in [5.74, 6) is -0.879. The molecule has 4 atom stereocenters. The number of rotatable bonds is 18. The number of fused-ring (bicyclic) bond motifs is 3. The maximum absolute atomic E-state index is 14.1. The largest absolute Gasteiger partial charge is 0.405 e. The van der Waals surface area contributed by atoms with Gasteiger partial charge in [0.2, 0.25) is 0 Å². The van der Waals surface area contributed by atoms with Gasteiger partial charge >= 0.3 is 0 Å². The number of anilines is 1. The molecular weight excluding hydrogens is 841 g/mol. The van der Waals surface area contributed by atoms with Crippen LogP contribution in [-0.2, 0) is 24.7 Å². The van der Waals surface area contributed by atoms with Gasteiger partial charge in [-0.15, -0.1) is 11.3 Å². The van der Waals surface area contributed by atoms with Crippen LogP contribution in [0.25, 0.3) is 22.7 Å². The van der Waals surface area contributed by atoms with Gasteiger partial charge in [0.05, 0.1) is 10.6 Å². The lowest BCUT2D eigenvalue weighted by Crippen LogP contribution is -2.66. The summed E-state index contributed by atoms with van der Waals surface area (Å²) < 4.78 is 28.2. The molecule has 2 aromatic heterocycles. The van der Waals surface area contributed by atoms with E-state index in [2.05, 4.69) is 140 Å². The third-order valence-electron chi connectivity index (χ3n) is 13.9. The second kappa shape index (κ2) is 22.0. The first kappa shape index (κ1) is 50.1. The number of piperidine rings is 1. The van der Waals surface area contributed by atoms with E-state index in [-0.39, 0.29) is 18.3 Å².